The summed E-state index contributed by atoms with van der Waals surface area (Å²) in [6, 6.07) is 0. The number of fused-ring (bicyclic) bond motifs is 4. The number of carbonyl (C=O) groups excluding carboxylic acids is 2. The van der Waals surface area contributed by atoms with Crippen molar-refractivity contribution in [3.63, 3.8) is 0 Å². The summed E-state index contributed by atoms with van der Waals surface area (Å²) in [7, 11) is 0. The molecule has 1 aliphatic carbocycles. The second kappa shape index (κ2) is 6.04. The van der Waals surface area contributed by atoms with E-state index in [1.165, 1.54) is 0 Å². The molecule has 3 saturated heterocycles. The molecule has 0 saturated carbocycles. The van der Waals surface area contributed by atoms with E-state index < -0.39 is 42.0 Å². The van der Waals surface area contributed by atoms with E-state index >= 15 is 0 Å². The summed E-state index contributed by atoms with van der Waals surface area (Å²) < 4.78 is 22.5. The van der Waals surface area contributed by atoms with Gasteiger partial charge in [0.1, 0.15) is 17.8 Å². The zero-order valence-corrected chi connectivity index (χ0v) is 14.6. The fraction of sp³-hybridized carbons (Fsp3) is 0.579. The van der Waals surface area contributed by atoms with E-state index in [1.807, 2.05) is 6.08 Å². The number of hydrogen-bond acceptors (Lipinski definition) is 7. The van der Waals surface area contributed by atoms with Gasteiger partial charge in [0.25, 0.3) is 0 Å². The molecule has 0 aromatic rings. The summed E-state index contributed by atoms with van der Waals surface area (Å²) in [5, 5.41) is 10.5. The van der Waals surface area contributed by atoms with Gasteiger partial charge in [-0.05, 0) is 31.4 Å². The van der Waals surface area contributed by atoms with Gasteiger partial charge in [-0.15, -0.1) is 0 Å². The van der Waals surface area contributed by atoms with Crippen LogP contribution in [0.2, 0.25) is 0 Å². The van der Waals surface area contributed by atoms with Gasteiger partial charge < -0.3 is 24.1 Å². The van der Waals surface area contributed by atoms with Crippen LogP contribution in [0.3, 0.4) is 0 Å². The molecule has 140 valence electrons. The number of esters is 2. The molecule has 4 heterocycles. The van der Waals surface area contributed by atoms with Gasteiger partial charge in [0, 0.05) is 17.6 Å². The van der Waals surface area contributed by atoms with E-state index in [9.17, 15) is 14.7 Å². The first-order chi connectivity index (χ1) is 12.3. The van der Waals surface area contributed by atoms with Gasteiger partial charge in [0.05, 0.1) is 18.6 Å². The molecular weight excluding hydrogens is 340 g/mol. The van der Waals surface area contributed by atoms with Gasteiger partial charge in [-0.25, -0.2) is 9.59 Å². The SMILES string of the molecule is C=C(C)C(=O)O[C@@H]1C[C@]23O[C@H]2CC/C(=C/[C@H]2OC(=O)C(=C)[C@@H]21)CO[C@@H]3O. The predicted octanol–water partition coefficient (Wildman–Crippen LogP) is 1.17. The van der Waals surface area contributed by atoms with Crippen molar-refractivity contribution in [1.82, 2.24) is 0 Å². The van der Waals surface area contributed by atoms with Crippen molar-refractivity contribution < 1.29 is 33.6 Å². The molecular formula is C19H22O7. The highest BCUT2D eigenvalue weighted by molar-refractivity contribution is 5.91. The third kappa shape index (κ3) is 2.71. The van der Waals surface area contributed by atoms with Crippen molar-refractivity contribution in [3.8, 4) is 0 Å². The zero-order valence-electron chi connectivity index (χ0n) is 14.6. The molecule has 5 aliphatic rings. The summed E-state index contributed by atoms with van der Waals surface area (Å²) >= 11 is 0. The van der Waals surface area contributed by atoms with Crippen LogP contribution < -0.4 is 0 Å². The highest BCUT2D eigenvalue weighted by atomic mass is 16.7. The lowest BCUT2D eigenvalue weighted by Crippen LogP contribution is -2.45. The lowest BCUT2D eigenvalue weighted by Gasteiger charge is -2.33. The smallest absolute Gasteiger partial charge is 0.334 e. The highest BCUT2D eigenvalue weighted by Gasteiger charge is 2.65. The number of hydrogen-bond donors (Lipinski definition) is 1. The number of ether oxygens (including phenoxy) is 4. The zero-order chi connectivity index (χ0) is 18.6. The Hall–Kier alpha value is -1.96. The molecule has 1 spiro atoms. The third-order valence-electron chi connectivity index (χ3n) is 5.61. The molecule has 6 atom stereocenters. The molecule has 0 aromatic carbocycles. The van der Waals surface area contributed by atoms with Crippen LogP contribution >= 0.6 is 0 Å². The lowest BCUT2D eigenvalue weighted by atomic mass is 9.81. The van der Waals surface area contributed by atoms with Crippen molar-refractivity contribution >= 4 is 11.9 Å². The van der Waals surface area contributed by atoms with Crippen LogP contribution in [-0.2, 0) is 28.5 Å². The minimum atomic E-state index is -1.13. The first-order valence-corrected chi connectivity index (χ1v) is 8.75. The highest BCUT2D eigenvalue weighted by Crippen LogP contribution is 2.51. The normalized spacial score (nSPS) is 43.3. The Morgan fingerprint density at radius 1 is 1.46 bits per heavy atom. The molecule has 5 rings (SSSR count). The van der Waals surface area contributed by atoms with Gasteiger partial charge >= 0.3 is 11.9 Å². The summed E-state index contributed by atoms with van der Waals surface area (Å²) in [5.41, 5.74) is 0.475. The molecule has 4 aliphatic heterocycles. The van der Waals surface area contributed by atoms with E-state index in [-0.39, 0.29) is 30.3 Å². The molecule has 0 aromatic heterocycles. The third-order valence-corrected chi connectivity index (χ3v) is 5.61. The Balaban J connectivity index is 1.76. The van der Waals surface area contributed by atoms with Crippen LogP contribution in [0.4, 0.5) is 0 Å². The van der Waals surface area contributed by atoms with E-state index in [1.54, 1.807) is 6.92 Å². The van der Waals surface area contributed by atoms with Crippen molar-refractivity contribution in [2.75, 3.05) is 6.61 Å². The van der Waals surface area contributed by atoms with Crippen LogP contribution in [0.5, 0.6) is 0 Å². The summed E-state index contributed by atoms with van der Waals surface area (Å²) in [6.07, 6.45) is 0.815. The molecule has 7 heteroatoms. The molecule has 0 unspecified atom stereocenters. The fourth-order valence-electron chi connectivity index (χ4n) is 4.09. The Morgan fingerprint density at radius 3 is 2.96 bits per heavy atom. The standard InChI is InChI=1S/C19H22O7/c1-9(2)16(20)25-13-7-19-14(26-19)5-4-11(8-23-18(19)22)6-12-15(13)10(3)17(21)24-12/h6,12-15,18,22H,1,3-5,7-8H2,2H3/b11-6-/t12-,13-,14+,15+,18+,19+/m1/s1. The maximum absolute atomic E-state index is 12.2. The van der Waals surface area contributed by atoms with Crippen molar-refractivity contribution in [2.24, 2.45) is 5.92 Å². The van der Waals surface area contributed by atoms with Crippen LogP contribution in [0.25, 0.3) is 0 Å². The number of rotatable bonds is 2. The topological polar surface area (TPSA) is 94.6 Å². The first kappa shape index (κ1) is 17.5. The Kier molecular flexibility index (Phi) is 4.06. The Labute approximate surface area is 151 Å². The van der Waals surface area contributed by atoms with Crippen LogP contribution in [0.1, 0.15) is 26.2 Å². The van der Waals surface area contributed by atoms with Gasteiger partial charge in [0.2, 0.25) is 0 Å². The predicted molar refractivity (Wildman–Crippen MR) is 88.7 cm³/mol. The average molecular weight is 362 g/mol. The van der Waals surface area contributed by atoms with Crippen molar-refractivity contribution in [2.45, 2.75) is 56.4 Å². The molecule has 7 nitrogen and oxygen atoms in total. The Morgan fingerprint density at radius 2 is 2.23 bits per heavy atom. The number of aliphatic hydroxyl groups excluding tert-OH is 1. The largest absolute Gasteiger partial charge is 0.458 e. The van der Waals surface area contributed by atoms with Crippen LogP contribution in [0.15, 0.2) is 36.0 Å². The maximum atomic E-state index is 12.2. The molecule has 1 N–H and O–H groups in total. The second-order valence-electron chi connectivity index (χ2n) is 7.44. The van der Waals surface area contributed by atoms with Gasteiger partial charge in [-0.1, -0.05) is 13.2 Å². The van der Waals surface area contributed by atoms with E-state index in [0.717, 1.165) is 18.4 Å². The molecule has 0 radical (unpaired) electrons. The van der Waals surface area contributed by atoms with Gasteiger partial charge in [-0.3, -0.25) is 0 Å². The minimum absolute atomic E-state index is 0.185. The number of aliphatic hydroxyl groups is 1. The summed E-state index contributed by atoms with van der Waals surface area (Å²) in [6.45, 7) is 9.24. The number of carbonyl (C=O) groups is 2. The van der Waals surface area contributed by atoms with Crippen molar-refractivity contribution in [1.29, 1.82) is 0 Å². The maximum Gasteiger partial charge on any atom is 0.334 e. The molecule has 26 heavy (non-hydrogen) atoms. The Bertz CT molecular complexity index is 723. The number of epoxide rings is 1. The molecule has 3 fully saturated rings. The summed E-state index contributed by atoms with van der Waals surface area (Å²) in [4.78, 5) is 24.3. The first-order valence-electron chi connectivity index (χ1n) is 8.75. The van der Waals surface area contributed by atoms with E-state index in [4.69, 9.17) is 18.9 Å². The summed E-state index contributed by atoms with van der Waals surface area (Å²) in [5.74, 6) is -1.61. The van der Waals surface area contributed by atoms with E-state index in [0.29, 0.717) is 0 Å². The lowest BCUT2D eigenvalue weighted by molar-refractivity contribution is -0.163. The van der Waals surface area contributed by atoms with E-state index in [2.05, 4.69) is 13.2 Å². The quantitative estimate of drug-likeness (QED) is 0.341. The van der Waals surface area contributed by atoms with Crippen LogP contribution in [-0.4, -0.2) is 53.9 Å². The second-order valence-corrected chi connectivity index (χ2v) is 7.44. The van der Waals surface area contributed by atoms with Crippen molar-refractivity contribution in [3.05, 3.63) is 36.0 Å². The van der Waals surface area contributed by atoms with Gasteiger partial charge in [-0.2, -0.15) is 0 Å². The monoisotopic (exact) mass is 362 g/mol. The minimum Gasteiger partial charge on any atom is -0.458 e. The fourth-order valence-corrected chi connectivity index (χ4v) is 4.09. The average Bonchev–Trinajstić information content (AvgIpc) is 3.20. The van der Waals surface area contributed by atoms with Crippen LogP contribution in [0, 0.1) is 5.92 Å². The molecule has 2 bridgehead atoms. The molecule has 0 amide bonds. The van der Waals surface area contributed by atoms with Gasteiger partial charge in [0.15, 0.2) is 6.29 Å².